The van der Waals surface area contributed by atoms with Crippen molar-refractivity contribution >= 4 is 17.8 Å². The van der Waals surface area contributed by atoms with Gasteiger partial charge >= 0.3 is 5.97 Å². The second-order valence-electron chi connectivity index (χ2n) is 13.2. The average molecular weight is 572 g/mol. The summed E-state index contributed by atoms with van der Waals surface area (Å²) < 4.78 is 6.56. The largest absolute Gasteiger partial charge is 0.493 e. The highest BCUT2D eigenvalue weighted by Gasteiger charge is 2.47. The smallest absolute Gasteiger partial charge is 0.308 e. The first-order chi connectivity index (χ1) is 19.6. The van der Waals surface area contributed by atoms with Crippen LogP contribution in [0.15, 0.2) is 18.2 Å². The summed E-state index contributed by atoms with van der Waals surface area (Å²) in [6.45, 7) is 7.45. The number of hydrogen-bond acceptors (Lipinski definition) is 5. The van der Waals surface area contributed by atoms with Gasteiger partial charge in [0.15, 0.2) is 0 Å². The van der Waals surface area contributed by atoms with Crippen LogP contribution in [0.2, 0.25) is 0 Å². The lowest BCUT2D eigenvalue weighted by Crippen LogP contribution is -2.45. The fourth-order valence-electron chi connectivity index (χ4n) is 6.78. The molecule has 9 nitrogen and oxygen atoms in total. The van der Waals surface area contributed by atoms with E-state index in [0.717, 1.165) is 86.1 Å². The van der Waals surface area contributed by atoms with Crippen LogP contribution in [-0.2, 0) is 20.8 Å². The Hall–Kier alpha value is -2.65. The molecular weight excluding hydrogens is 520 g/mol. The number of carbonyl (C=O) groups is 3. The third-order valence-corrected chi connectivity index (χ3v) is 9.00. The van der Waals surface area contributed by atoms with E-state index in [2.05, 4.69) is 39.0 Å². The molecule has 4 rings (SSSR count). The number of quaternary nitrogens is 1. The van der Waals surface area contributed by atoms with E-state index < -0.39 is 11.9 Å². The maximum atomic E-state index is 13.8. The maximum absolute atomic E-state index is 13.8. The zero-order chi connectivity index (χ0) is 29.6. The maximum Gasteiger partial charge on any atom is 0.308 e. The van der Waals surface area contributed by atoms with Crippen molar-refractivity contribution in [3.63, 3.8) is 0 Å². The lowest BCUT2D eigenvalue weighted by atomic mass is 9.83. The number of carboxylic acid groups (broad SMARTS) is 1. The molecule has 3 aliphatic rings. The van der Waals surface area contributed by atoms with Crippen LogP contribution in [0.4, 0.5) is 0 Å². The Morgan fingerprint density at radius 3 is 2.59 bits per heavy atom. The molecule has 2 saturated heterocycles. The number of carboxylic acids is 1. The van der Waals surface area contributed by atoms with E-state index in [-0.39, 0.29) is 30.3 Å². The topological polar surface area (TPSA) is 90.4 Å². The minimum atomic E-state index is -0.810. The normalized spacial score (nSPS) is 22.7. The molecule has 41 heavy (non-hydrogen) atoms. The number of nitrogens with zero attached hydrogens (tertiary/aromatic N) is 4. The summed E-state index contributed by atoms with van der Waals surface area (Å²) in [6.07, 6.45) is 6.63. The SMILES string of the molecule is CCCCN(CCC[N+](C)(C)C)C(=O)CN1CC(c2ccc3c(c2)CCO3)C(C(=O)O)C1CCCN1CCCC1=O. The summed E-state index contributed by atoms with van der Waals surface area (Å²) in [5.41, 5.74) is 2.15. The molecule has 9 heteroatoms. The van der Waals surface area contributed by atoms with Crippen molar-refractivity contribution in [3.05, 3.63) is 29.3 Å². The van der Waals surface area contributed by atoms with E-state index in [9.17, 15) is 19.5 Å². The zero-order valence-corrected chi connectivity index (χ0v) is 25.6. The number of unbranched alkanes of at least 4 members (excludes halogenated alkanes) is 1. The zero-order valence-electron chi connectivity index (χ0n) is 25.6. The predicted molar refractivity (Wildman–Crippen MR) is 159 cm³/mol. The van der Waals surface area contributed by atoms with Crippen LogP contribution in [0.3, 0.4) is 0 Å². The van der Waals surface area contributed by atoms with Crippen LogP contribution in [0.25, 0.3) is 0 Å². The second-order valence-corrected chi connectivity index (χ2v) is 13.2. The van der Waals surface area contributed by atoms with E-state index in [1.807, 2.05) is 21.9 Å². The van der Waals surface area contributed by atoms with E-state index in [4.69, 9.17) is 4.74 Å². The van der Waals surface area contributed by atoms with E-state index in [1.54, 1.807) is 0 Å². The number of amides is 2. The number of ether oxygens (including phenoxy) is 1. The molecule has 0 bridgehead atoms. The Morgan fingerprint density at radius 2 is 1.90 bits per heavy atom. The van der Waals surface area contributed by atoms with E-state index in [0.29, 0.717) is 32.5 Å². The lowest BCUT2D eigenvalue weighted by molar-refractivity contribution is -0.870. The van der Waals surface area contributed by atoms with Gasteiger partial charge in [-0.15, -0.1) is 0 Å². The third kappa shape index (κ3) is 8.22. The summed E-state index contributed by atoms with van der Waals surface area (Å²) in [6, 6.07) is 5.84. The highest BCUT2D eigenvalue weighted by atomic mass is 16.5. The molecule has 2 fully saturated rings. The number of likely N-dealkylation sites (tertiary alicyclic amines) is 2. The van der Waals surface area contributed by atoms with Gasteiger partial charge in [-0.2, -0.15) is 0 Å². The van der Waals surface area contributed by atoms with Crippen molar-refractivity contribution in [2.75, 3.05) is 73.6 Å². The van der Waals surface area contributed by atoms with Crippen LogP contribution in [0, 0.1) is 5.92 Å². The van der Waals surface area contributed by atoms with Crippen molar-refractivity contribution in [1.82, 2.24) is 14.7 Å². The van der Waals surface area contributed by atoms with Gasteiger partial charge in [-0.05, 0) is 42.9 Å². The molecule has 3 atom stereocenters. The van der Waals surface area contributed by atoms with Gasteiger partial charge in [-0.1, -0.05) is 25.5 Å². The molecule has 3 heterocycles. The minimum absolute atomic E-state index is 0.0896. The summed E-state index contributed by atoms with van der Waals surface area (Å²) in [7, 11) is 6.50. The van der Waals surface area contributed by atoms with Crippen molar-refractivity contribution < 1.29 is 28.7 Å². The fourth-order valence-corrected chi connectivity index (χ4v) is 6.78. The molecule has 228 valence electrons. The quantitative estimate of drug-likeness (QED) is 0.325. The van der Waals surface area contributed by atoms with Gasteiger partial charge in [0, 0.05) is 63.9 Å². The molecule has 3 unspecified atom stereocenters. The standard InChI is InChI=1S/C32H50N4O5/c1-5-6-15-34(18-9-19-36(2,3)4)30(38)23-35-22-26(24-12-13-28-25(21-24)14-20-41-28)31(32(39)40)27(35)10-7-16-33-17-8-11-29(33)37/h12-13,21,26-27,31H,5-11,14-20,22-23H2,1-4H3/p+1. The first-order valence-electron chi connectivity index (χ1n) is 15.7. The van der Waals surface area contributed by atoms with Crippen molar-refractivity contribution in [2.45, 2.75) is 70.3 Å². The van der Waals surface area contributed by atoms with Crippen LogP contribution >= 0.6 is 0 Å². The number of fused-ring (bicyclic) bond motifs is 1. The summed E-state index contributed by atoms with van der Waals surface area (Å²) >= 11 is 0. The lowest BCUT2D eigenvalue weighted by Gasteiger charge is -2.31. The minimum Gasteiger partial charge on any atom is -0.493 e. The number of carbonyl (C=O) groups excluding carboxylic acids is 2. The summed E-state index contributed by atoms with van der Waals surface area (Å²) in [5, 5.41) is 10.5. The molecule has 1 aromatic rings. The van der Waals surface area contributed by atoms with Crippen LogP contribution in [0.1, 0.15) is 68.9 Å². The van der Waals surface area contributed by atoms with Crippen LogP contribution < -0.4 is 4.74 Å². The Kier molecular flexibility index (Phi) is 10.7. The Bertz CT molecular complexity index is 1070. The molecule has 0 saturated carbocycles. The molecule has 3 aliphatic heterocycles. The molecule has 1 aromatic carbocycles. The monoisotopic (exact) mass is 571 g/mol. The molecule has 0 spiro atoms. The van der Waals surface area contributed by atoms with Gasteiger partial charge in [0.2, 0.25) is 11.8 Å². The van der Waals surface area contributed by atoms with Crippen LogP contribution in [0.5, 0.6) is 5.75 Å². The molecule has 0 radical (unpaired) electrons. The van der Waals surface area contributed by atoms with Crippen molar-refractivity contribution in [1.29, 1.82) is 0 Å². The summed E-state index contributed by atoms with van der Waals surface area (Å²) in [4.78, 5) is 44.8. The van der Waals surface area contributed by atoms with Crippen molar-refractivity contribution in [3.8, 4) is 5.75 Å². The predicted octanol–water partition coefficient (Wildman–Crippen LogP) is 3.22. The highest BCUT2D eigenvalue weighted by molar-refractivity contribution is 5.79. The van der Waals surface area contributed by atoms with Crippen molar-refractivity contribution in [2.24, 2.45) is 5.92 Å². The first kappa shape index (κ1) is 31.3. The first-order valence-corrected chi connectivity index (χ1v) is 15.7. The Balaban J connectivity index is 1.52. The Labute approximate surface area is 246 Å². The van der Waals surface area contributed by atoms with Gasteiger partial charge in [0.1, 0.15) is 5.75 Å². The third-order valence-electron chi connectivity index (χ3n) is 9.00. The van der Waals surface area contributed by atoms with Gasteiger partial charge in [-0.3, -0.25) is 19.3 Å². The average Bonchev–Trinajstić information content (AvgIpc) is 3.64. The van der Waals surface area contributed by atoms with E-state index >= 15 is 0 Å². The molecule has 1 N–H and O–H groups in total. The number of benzene rings is 1. The van der Waals surface area contributed by atoms with Gasteiger partial charge < -0.3 is 24.1 Å². The van der Waals surface area contributed by atoms with Gasteiger partial charge in [-0.25, -0.2) is 0 Å². The Morgan fingerprint density at radius 1 is 1.12 bits per heavy atom. The fraction of sp³-hybridized carbons (Fsp3) is 0.719. The highest BCUT2D eigenvalue weighted by Crippen LogP contribution is 2.41. The molecule has 2 amide bonds. The number of hydrogen-bond donors (Lipinski definition) is 1. The summed E-state index contributed by atoms with van der Waals surface area (Å²) in [5.74, 6) is -0.456. The number of aliphatic carboxylic acids is 1. The molecular formula is C32H51N4O5+. The molecule has 0 aliphatic carbocycles. The van der Waals surface area contributed by atoms with E-state index in [1.165, 1.54) is 0 Å². The molecule has 0 aromatic heterocycles. The van der Waals surface area contributed by atoms with Gasteiger partial charge in [0.25, 0.3) is 0 Å². The number of rotatable bonds is 15. The van der Waals surface area contributed by atoms with Crippen LogP contribution in [-0.4, -0.2) is 122 Å². The van der Waals surface area contributed by atoms with Gasteiger partial charge in [0.05, 0.1) is 46.8 Å². The second kappa shape index (κ2) is 14.0.